The van der Waals surface area contributed by atoms with Crippen molar-refractivity contribution in [3.63, 3.8) is 0 Å². The summed E-state index contributed by atoms with van der Waals surface area (Å²) in [7, 11) is 0. The summed E-state index contributed by atoms with van der Waals surface area (Å²) in [4.78, 5) is 21.8. The van der Waals surface area contributed by atoms with Crippen LogP contribution in [0.25, 0.3) is 0 Å². The molecule has 0 aliphatic rings. The van der Waals surface area contributed by atoms with E-state index in [1.807, 2.05) is 0 Å². The van der Waals surface area contributed by atoms with Gasteiger partial charge in [0.05, 0.1) is 0 Å². The zero-order chi connectivity index (χ0) is 13.2. The second kappa shape index (κ2) is 8.50. The third kappa shape index (κ3) is 5.66. The fraction of sp³-hybridized carbons (Fsp3) is 0.571. The van der Waals surface area contributed by atoms with E-state index >= 15 is 0 Å². The Bertz CT molecular complexity index is 368. The molecule has 0 bridgehead atoms. The maximum atomic E-state index is 11.4. The minimum absolute atomic E-state index is 0.0988. The molecule has 1 aromatic heterocycles. The molecule has 4 heteroatoms. The molecule has 0 saturated heterocycles. The summed E-state index contributed by atoms with van der Waals surface area (Å²) in [5.74, 6) is 0.535. The van der Waals surface area contributed by atoms with Crippen LogP contribution in [0.5, 0.6) is 0 Å². The molecule has 0 aliphatic heterocycles. The van der Waals surface area contributed by atoms with Crippen molar-refractivity contribution in [2.75, 3.05) is 0 Å². The number of carbonyl (C=O) groups is 2. The Morgan fingerprint density at radius 3 is 2.72 bits per heavy atom. The number of aldehydes is 1. The first-order chi connectivity index (χ1) is 8.76. The summed E-state index contributed by atoms with van der Waals surface area (Å²) in [6.45, 7) is 2.26. The van der Waals surface area contributed by atoms with Crippen molar-refractivity contribution < 1.29 is 18.7 Å². The number of hydrogen-bond donors (Lipinski definition) is 0. The van der Waals surface area contributed by atoms with Crippen molar-refractivity contribution in [2.24, 2.45) is 0 Å². The molecule has 0 amide bonds. The van der Waals surface area contributed by atoms with Gasteiger partial charge in [0.15, 0.2) is 12.0 Å². The second-order valence-corrected chi connectivity index (χ2v) is 4.25. The van der Waals surface area contributed by atoms with Crippen LogP contribution >= 0.6 is 0 Å². The number of ether oxygens (including phenoxy) is 1. The van der Waals surface area contributed by atoms with E-state index in [9.17, 15) is 9.59 Å². The zero-order valence-electron chi connectivity index (χ0n) is 10.8. The smallest absolute Gasteiger partial charge is 0.306 e. The van der Waals surface area contributed by atoms with Gasteiger partial charge in [-0.25, -0.2) is 0 Å². The van der Waals surface area contributed by atoms with E-state index in [2.05, 4.69) is 6.92 Å². The molecular formula is C14H20O4. The first kappa shape index (κ1) is 14.5. The Morgan fingerprint density at radius 2 is 2.06 bits per heavy atom. The summed E-state index contributed by atoms with van der Waals surface area (Å²) in [6.07, 6.45) is 6.60. The first-order valence-corrected chi connectivity index (χ1v) is 6.45. The number of rotatable bonds is 9. The lowest BCUT2D eigenvalue weighted by atomic mass is 10.1. The predicted octanol–water partition coefficient (Wildman–Crippen LogP) is 3.50. The Hall–Kier alpha value is -1.58. The van der Waals surface area contributed by atoms with Crippen molar-refractivity contribution in [1.29, 1.82) is 0 Å². The van der Waals surface area contributed by atoms with Crippen LogP contribution in [0.3, 0.4) is 0 Å². The van der Waals surface area contributed by atoms with E-state index in [-0.39, 0.29) is 18.3 Å². The van der Waals surface area contributed by atoms with E-state index in [1.54, 1.807) is 12.1 Å². The minimum Gasteiger partial charge on any atom is -0.457 e. The summed E-state index contributed by atoms with van der Waals surface area (Å²) >= 11 is 0. The molecule has 0 fully saturated rings. The number of esters is 1. The fourth-order valence-corrected chi connectivity index (χ4v) is 1.63. The molecule has 0 aromatic carbocycles. The van der Waals surface area contributed by atoms with Gasteiger partial charge in [-0.05, 0) is 18.6 Å². The normalized spacial score (nSPS) is 10.3. The third-order valence-corrected chi connectivity index (χ3v) is 2.66. The van der Waals surface area contributed by atoms with Crippen molar-refractivity contribution in [1.82, 2.24) is 0 Å². The van der Waals surface area contributed by atoms with Gasteiger partial charge in [-0.2, -0.15) is 0 Å². The van der Waals surface area contributed by atoms with Gasteiger partial charge in [0.1, 0.15) is 12.4 Å². The van der Waals surface area contributed by atoms with Gasteiger partial charge in [0.25, 0.3) is 0 Å². The van der Waals surface area contributed by atoms with Crippen LogP contribution in [0.2, 0.25) is 0 Å². The largest absolute Gasteiger partial charge is 0.457 e. The van der Waals surface area contributed by atoms with Crippen molar-refractivity contribution >= 4 is 12.3 Å². The molecule has 4 nitrogen and oxygen atoms in total. The molecule has 1 rings (SSSR count). The molecule has 100 valence electrons. The molecule has 0 saturated carbocycles. The lowest BCUT2D eigenvalue weighted by Gasteiger charge is -2.02. The van der Waals surface area contributed by atoms with Crippen LogP contribution in [0, 0.1) is 0 Å². The highest BCUT2D eigenvalue weighted by Crippen LogP contribution is 2.09. The van der Waals surface area contributed by atoms with Crippen molar-refractivity contribution in [3.05, 3.63) is 23.7 Å². The average molecular weight is 252 g/mol. The summed E-state index contributed by atoms with van der Waals surface area (Å²) in [5.41, 5.74) is 0. The van der Waals surface area contributed by atoms with Gasteiger partial charge < -0.3 is 9.15 Å². The number of carbonyl (C=O) groups excluding carboxylic acids is 2. The summed E-state index contributed by atoms with van der Waals surface area (Å²) in [5, 5.41) is 0. The topological polar surface area (TPSA) is 56.5 Å². The molecule has 0 spiro atoms. The number of hydrogen-bond acceptors (Lipinski definition) is 4. The molecule has 1 heterocycles. The number of furan rings is 1. The lowest BCUT2D eigenvalue weighted by molar-refractivity contribution is -0.145. The Kier molecular flexibility index (Phi) is 6.84. The van der Waals surface area contributed by atoms with Gasteiger partial charge in [0.2, 0.25) is 0 Å². The van der Waals surface area contributed by atoms with Crippen molar-refractivity contribution in [2.45, 2.75) is 52.1 Å². The lowest BCUT2D eigenvalue weighted by Crippen LogP contribution is -2.03. The van der Waals surface area contributed by atoms with Crippen LogP contribution in [-0.2, 0) is 16.1 Å². The Labute approximate surface area is 107 Å². The van der Waals surface area contributed by atoms with Gasteiger partial charge in [-0.3, -0.25) is 9.59 Å². The van der Waals surface area contributed by atoms with E-state index in [4.69, 9.17) is 9.15 Å². The highest BCUT2D eigenvalue weighted by Gasteiger charge is 2.06. The van der Waals surface area contributed by atoms with E-state index < -0.39 is 0 Å². The molecule has 0 radical (unpaired) electrons. The first-order valence-electron chi connectivity index (χ1n) is 6.45. The highest BCUT2D eigenvalue weighted by atomic mass is 16.5. The van der Waals surface area contributed by atoms with Gasteiger partial charge in [-0.15, -0.1) is 0 Å². The molecule has 18 heavy (non-hydrogen) atoms. The van der Waals surface area contributed by atoms with Gasteiger partial charge in [0, 0.05) is 6.42 Å². The summed E-state index contributed by atoms with van der Waals surface area (Å²) < 4.78 is 10.1. The quantitative estimate of drug-likeness (QED) is 0.383. The third-order valence-electron chi connectivity index (χ3n) is 2.66. The van der Waals surface area contributed by atoms with Crippen LogP contribution in [0.15, 0.2) is 16.5 Å². The summed E-state index contributed by atoms with van der Waals surface area (Å²) in [6, 6.07) is 3.19. The highest BCUT2D eigenvalue weighted by molar-refractivity contribution is 5.70. The molecule has 1 aromatic rings. The maximum Gasteiger partial charge on any atom is 0.306 e. The number of unbranched alkanes of at least 4 members (excludes halogenated alkanes) is 4. The monoisotopic (exact) mass is 252 g/mol. The molecular weight excluding hydrogens is 232 g/mol. The standard InChI is InChI=1S/C14H20O4/c1-2-3-4-5-6-7-14(16)17-11-13-9-8-12(10-15)18-13/h8-10H,2-7,11H2,1H3. The van der Waals surface area contributed by atoms with Gasteiger partial charge >= 0.3 is 5.97 Å². The Balaban J connectivity index is 2.11. The minimum atomic E-state index is -0.212. The molecule has 0 unspecified atom stereocenters. The maximum absolute atomic E-state index is 11.4. The van der Waals surface area contributed by atoms with E-state index in [1.165, 1.54) is 19.3 Å². The van der Waals surface area contributed by atoms with Crippen LogP contribution in [0.4, 0.5) is 0 Å². The van der Waals surface area contributed by atoms with Crippen LogP contribution < -0.4 is 0 Å². The molecule has 0 atom stereocenters. The van der Waals surface area contributed by atoms with E-state index in [0.717, 1.165) is 12.8 Å². The van der Waals surface area contributed by atoms with Crippen LogP contribution in [-0.4, -0.2) is 12.3 Å². The predicted molar refractivity (Wildman–Crippen MR) is 67.3 cm³/mol. The van der Waals surface area contributed by atoms with Crippen molar-refractivity contribution in [3.8, 4) is 0 Å². The van der Waals surface area contributed by atoms with Crippen LogP contribution in [0.1, 0.15) is 61.8 Å². The molecule has 0 N–H and O–H groups in total. The fourth-order valence-electron chi connectivity index (χ4n) is 1.63. The average Bonchev–Trinajstić information content (AvgIpc) is 2.84. The van der Waals surface area contributed by atoms with E-state index in [0.29, 0.717) is 18.5 Å². The molecule has 0 aliphatic carbocycles. The second-order valence-electron chi connectivity index (χ2n) is 4.25. The Morgan fingerprint density at radius 1 is 1.28 bits per heavy atom. The van der Waals surface area contributed by atoms with Gasteiger partial charge in [-0.1, -0.05) is 32.6 Å². The zero-order valence-corrected chi connectivity index (χ0v) is 10.8. The SMILES string of the molecule is CCCCCCCC(=O)OCc1ccc(C=O)o1.